The lowest BCUT2D eigenvalue weighted by atomic mass is 10.1. The average Bonchev–Trinajstić information content (AvgIpc) is 2.56. The second-order valence-electron chi connectivity index (χ2n) is 5.57. The van der Waals surface area contributed by atoms with Crippen LogP contribution in [0.5, 0.6) is 0 Å². The van der Waals surface area contributed by atoms with Gasteiger partial charge in [-0.05, 0) is 50.7 Å². The first-order chi connectivity index (χ1) is 11.0. The summed E-state index contributed by atoms with van der Waals surface area (Å²) in [6, 6.07) is 6.82. The zero-order valence-electron chi connectivity index (χ0n) is 14.7. The normalized spacial score (nSPS) is 12.0. The van der Waals surface area contributed by atoms with Crippen LogP contribution in [0.15, 0.2) is 24.3 Å². The third kappa shape index (κ3) is 6.02. The van der Waals surface area contributed by atoms with E-state index in [1.807, 2.05) is 20.8 Å². The molecule has 5 nitrogen and oxygen atoms in total. The Morgan fingerprint density at radius 3 is 2.22 bits per heavy atom. The predicted molar refractivity (Wildman–Crippen MR) is 94.7 cm³/mol. The molecular formula is C18H29N3O2. The first-order valence-corrected chi connectivity index (χ1v) is 8.46. The van der Waals surface area contributed by atoms with E-state index in [-0.39, 0.29) is 17.9 Å². The molecule has 0 spiro atoms. The van der Waals surface area contributed by atoms with Crippen LogP contribution in [0, 0.1) is 0 Å². The Balaban J connectivity index is 2.59. The van der Waals surface area contributed by atoms with Gasteiger partial charge in [-0.15, -0.1) is 0 Å². The monoisotopic (exact) mass is 319 g/mol. The number of amides is 2. The number of nitrogens with one attached hydrogen (secondary N) is 2. The number of likely N-dealkylation sites (N-methyl/N-ethyl adjacent to an activating group) is 1. The smallest absolute Gasteiger partial charge is 0.251 e. The number of rotatable bonds is 9. The molecule has 2 N–H and O–H groups in total. The molecule has 1 aromatic rings. The summed E-state index contributed by atoms with van der Waals surface area (Å²) < 4.78 is 0. The summed E-state index contributed by atoms with van der Waals surface area (Å²) in [7, 11) is 0. The van der Waals surface area contributed by atoms with Gasteiger partial charge in [0, 0.05) is 17.8 Å². The van der Waals surface area contributed by atoms with Gasteiger partial charge in [-0.3, -0.25) is 14.5 Å². The van der Waals surface area contributed by atoms with Crippen LogP contribution in [0.25, 0.3) is 0 Å². The molecule has 0 heterocycles. The topological polar surface area (TPSA) is 61.4 Å². The summed E-state index contributed by atoms with van der Waals surface area (Å²) in [6.45, 7) is 10.4. The van der Waals surface area contributed by atoms with E-state index in [2.05, 4.69) is 22.5 Å². The summed E-state index contributed by atoms with van der Waals surface area (Å²) in [5.41, 5.74) is 1.31. The number of hydrogen-bond acceptors (Lipinski definition) is 3. The van der Waals surface area contributed by atoms with E-state index in [1.165, 1.54) is 0 Å². The molecule has 0 saturated heterocycles. The Labute approximate surface area is 139 Å². The van der Waals surface area contributed by atoms with Crippen molar-refractivity contribution < 1.29 is 9.59 Å². The molecule has 23 heavy (non-hydrogen) atoms. The van der Waals surface area contributed by atoms with Crippen molar-refractivity contribution in [3.63, 3.8) is 0 Å². The maximum atomic E-state index is 12.2. The molecule has 1 unspecified atom stereocenters. The highest BCUT2D eigenvalue weighted by Crippen LogP contribution is 2.11. The van der Waals surface area contributed by atoms with Gasteiger partial charge in [0.05, 0.1) is 6.04 Å². The molecule has 128 valence electrons. The van der Waals surface area contributed by atoms with Gasteiger partial charge < -0.3 is 10.6 Å². The van der Waals surface area contributed by atoms with E-state index in [0.29, 0.717) is 17.8 Å². The van der Waals surface area contributed by atoms with Crippen molar-refractivity contribution in [3.05, 3.63) is 29.8 Å². The van der Waals surface area contributed by atoms with Gasteiger partial charge in [0.2, 0.25) is 5.91 Å². The largest absolute Gasteiger partial charge is 0.352 e. The molecule has 2 amide bonds. The van der Waals surface area contributed by atoms with Crippen molar-refractivity contribution in [2.45, 2.75) is 46.6 Å². The molecule has 0 aliphatic heterocycles. The standard InChI is InChI=1S/C18H29N3O2/c1-5-8-13-19-18(23)15-9-11-16(12-10-15)20-17(22)14(4)21(6-2)7-3/h9-12,14H,5-8,13H2,1-4H3,(H,19,23)(H,20,22). The molecule has 1 aromatic carbocycles. The number of benzene rings is 1. The predicted octanol–water partition coefficient (Wildman–Crippen LogP) is 2.89. The van der Waals surface area contributed by atoms with Gasteiger partial charge in [-0.25, -0.2) is 0 Å². The number of unbranched alkanes of at least 4 members (excludes halogenated alkanes) is 1. The molecule has 0 saturated carbocycles. The van der Waals surface area contributed by atoms with Crippen LogP contribution in [0.2, 0.25) is 0 Å². The van der Waals surface area contributed by atoms with E-state index in [9.17, 15) is 9.59 Å². The Morgan fingerprint density at radius 1 is 1.09 bits per heavy atom. The minimum atomic E-state index is -0.179. The van der Waals surface area contributed by atoms with Crippen LogP contribution < -0.4 is 10.6 Å². The van der Waals surface area contributed by atoms with E-state index in [0.717, 1.165) is 25.9 Å². The summed E-state index contributed by atoms with van der Waals surface area (Å²) in [4.78, 5) is 26.2. The van der Waals surface area contributed by atoms with Gasteiger partial charge in [0.1, 0.15) is 0 Å². The number of carbonyl (C=O) groups is 2. The fourth-order valence-corrected chi connectivity index (χ4v) is 2.37. The molecule has 1 rings (SSSR count). The summed E-state index contributed by atoms with van der Waals surface area (Å²) in [6.07, 6.45) is 2.03. The second kappa shape index (κ2) is 10.0. The highest BCUT2D eigenvalue weighted by molar-refractivity contribution is 5.97. The van der Waals surface area contributed by atoms with Crippen molar-refractivity contribution in [2.24, 2.45) is 0 Å². The van der Waals surface area contributed by atoms with Crippen molar-refractivity contribution in [1.29, 1.82) is 0 Å². The first-order valence-electron chi connectivity index (χ1n) is 8.46. The molecule has 0 aliphatic carbocycles. The quantitative estimate of drug-likeness (QED) is 0.688. The summed E-state index contributed by atoms with van der Waals surface area (Å²) >= 11 is 0. The number of carbonyl (C=O) groups excluding carboxylic acids is 2. The Kier molecular flexibility index (Phi) is 8.33. The third-order valence-electron chi connectivity index (χ3n) is 3.97. The first kappa shape index (κ1) is 19.2. The number of nitrogens with zero attached hydrogens (tertiary/aromatic N) is 1. The summed E-state index contributed by atoms with van der Waals surface area (Å²) in [5.74, 6) is -0.110. The zero-order chi connectivity index (χ0) is 17.2. The van der Waals surface area contributed by atoms with Crippen molar-refractivity contribution >= 4 is 17.5 Å². The highest BCUT2D eigenvalue weighted by atomic mass is 16.2. The third-order valence-corrected chi connectivity index (χ3v) is 3.97. The molecule has 0 aromatic heterocycles. The summed E-state index contributed by atoms with van der Waals surface area (Å²) in [5, 5.41) is 5.77. The van der Waals surface area contributed by atoms with Crippen molar-refractivity contribution in [2.75, 3.05) is 25.0 Å². The van der Waals surface area contributed by atoms with Gasteiger partial charge in [-0.1, -0.05) is 27.2 Å². The maximum Gasteiger partial charge on any atom is 0.251 e. The van der Waals surface area contributed by atoms with Crippen molar-refractivity contribution in [3.8, 4) is 0 Å². The Morgan fingerprint density at radius 2 is 1.70 bits per heavy atom. The molecule has 5 heteroatoms. The molecule has 1 atom stereocenters. The number of hydrogen-bond donors (Lipinski definition) is 2. The van der Waals surface area contributed by atoms with E-state index < -0.39 is 0 Å². The fraction of sp³-hybridized carbons (Fsp3) is 0.556. The molecular weight excluding hydrogens is 290 g/mol. The van der Waals surface area contributed by atoms with Gasteiger partial charge in [-0.2, -0.15) is 0 Å². The van der Waals surface area contributed by atoms with E-state index in [4.69, 9.17) is 0 Å². The van der Waals surface area contributed by atoms with Crippen molar-refractivity contribution in [1.82, 2.24) is 10.2 Å². The molecule has 0 bridgehead atoms. The minimum Gasteiger partial charge on any atom is -0.352 e. The lowest BCUT2D eigenvalue weighted by Crippen LogP contribution is -2.41. The number of anilines is 1. The van der Waals surface area contributed by atoms with Gasteiger partial charge >= 0.3 is 0 Å². The van der Waals surface area contributed by atoms with Crippen LogP contribution in [0.4, 0.5) is 5.69 Å². The molecule has 0 fully saturated rings. The minimum absolute atomic E-state index is 0.0335. The molecule has 0 aliphatic rings. The average molecular weight is 319 g/mol. The van der Waals surface area contributed by atoms with E-state index >= 15 is 0 Å². The molecule has 0 radical (unpaired) electrons. The lowest BCUT2D eigenvalue weighted by Gasteiger charge is -2.25. The highest BCUT2D eigenvalue weighted by Gasteiger charge is 2.18. The van der Waals surface area contributed by atoms with Crippen LogP contribution >= 0.6 is 0 Å². The lowest BCUT2D eigenvalue weighted by molar-refractivity contribution is -0.120. The van der Waals surface area contributed by atoms with Crippen LogP contribution in [-0.4, -0.2) is 42.4 Å². The second-order valence-corrected chi connectivity index (χ2v) is 5.57. The van der Waals surface area contributed by atoms with E-state index in [1.54, 1.807) is 24.3 Å². The van der Waals surface area contributed by atoms with Crippen LogP contribution in [0.3, 0.4) is 0 Å². The SMILES string of the molecule is CCCCNC(=O)c1ccc(NC(=O)C(C)N(CC)CC)cc1. The maximum absolute atomic E-state index is 12.2. The van der Waals surface area contributed by atoms with Gasteiger partial charge in [0.25, 0.3) is 5.91 Å². The Bertz CT molecular complexity index is 495. The Hall–Kier alpha value is -1.88. The fourth-order valence-electron chi connectivity index (χ4n) is 2.37. The van der Waals surface area contributed by atoms with Crippen LogP contribution in [-0.2, 0) is 4.79 Å². The van der Waals surface area contributed by atoms with Gasteiger partial charge in [0.15, 0.2) is 0 Å². The zero-order valence-corrected chi connectivity index (χ0v) is 14.7. The van der Waals surface area contributed by atoms with Crippen LogP contribution in [0.1, 0.15) is 50.9 Å².